The number of nitrogens with one attached hydrogen (secondary N) is 1. The van der Waals surface area contributed by atoms with Crippen LogP contribution in [0.3, 0.4) is 0 Å². The summed E-state index contributed by atoms with van der Waals surface area (Å²) in [5, 5.41) is 0. The molecule has 8 nitrogen and oxygen atoms in total. The number of nitrogens with zero attached hydrogens (tertiary/aromatic N) is 3. The van der Waals surface area contributed by atoms with Crippen molar-refractivity contribution in [2.75, 3.05) is 33.8 Å². The highest BCUT2D eigenvalue weighted by atomic mass is 32.2. The zero-order valence-corrected chi connectivity index (χ0v) is 21.7. The van der Waals surface area contributed by atoms with Gasteiger partial charge in [0, 0.05) is 39.1 Å². The quantitative estimate of drug-likeness (QED) is 0.573. The summed E-state index contributed by atoms with van der Waals surface area (Å²) in [6.07, 6.45) is 5.72. The van der Waals surface area contributed by atoms with E-state index in [0.29, 0.717) is 36.9 Å². The summed E-state index contributed by atoms with van der Waals surface area (Å²) in [6, 6.07) is 6.49. The van der Waals surface area contributed by atoms with E-state index in [1.807, 2.05) is 6.07 Å². The lowest BCUT2D eigenvalue weighted by atomic mass is 9.82. The highest BCUT2D eigenvalue weighted by Crippen LogP contribution is 2.34. The van der Waals surface area contributed by atoms with E-state index in [0.717, 1.165) is 35.6 Å². The third-order valence-electron chi connectivity index (χ3n) is 6.99. The fourth-order valence-corrected chi connectivity index (χ4v) is 6.39. The van der Waals surface area contributed by atoms with Gasteiger partial charge in [0.05, 0.1) is 24.4 Å². The summed E-state index contributed by atoms with van der Waals surface area (Å²) in [4.78, 5) is 19.2. The van der Waals surface area contributed by atoms with Gasteiger partial charge in [-0.2, -0.15) is 17.4 Å². The molecule has 1 amide bonds. The molecule has 11 heteroatoms. The van der Waals surface area contributed by atoms with Gasteiger partial charge in [0.25, 0.3) is 16.1 Å². The van der Waals surface area contributed by atoms with Crippen LogP contribution in [0.25, 0.3) is 0 Å². The Hall–Kier alpha value is -1.92. The Labute approximate surface area is 210 Å². The Balaban J connectivity index is 1.37. The molecule has 1 aliphatic carbocycles. The fraction of sp³-hybridized carbons (Fsp3) is 0.583. The molecule has 1 aromatic carbocycles. The monoisotopic (exact) mass is 524 g/mol. The lowest BCUT2D eigenvalue weighted by Crippen LogP contribution is -2.55. The number of benzene rings is 1. The number of thiazole rings is 1. The number of carbonyl (C=O) groups is 1. The summed E-state index contributed by atoms with van der Waals surface area (Å²) in [6.45, 7) is 1.24. The van der Waals surface area contributed by atoms with Gasteiger partial charge in [-0.15, -0.1) is 11.3 Å². The van der Waals surface area contributed by atoms with Crippen molar-refractivity contribution in [2.24, 2.45) is 5.92 Å². The van der Waals surface area contributed by atoms with E-state index in [4.69, 9.17) is 4.74 Å². The Morgan fingerprint density at radius 1 is 1.26 bits per heavy atom. The van der Waals surface area contributed by atoms with Gasteiger partial charge in [-0.25, -0.2) is 4.39 Å². The maximum absolute atomic E-state index is 13.6. The zero-order valence-electron chi connectivity index (χ0n) is 20.1. The smallest absolute Gasteiger partial charge is 0.279 e. The van der Waals surface area contributed by atoms with Crippen LogP contribution in [0.1, 0.15) is 53.3 Å². The van der Waals surface area contributed by atoms with Gasteiger partial charge in [-0.05, 0) is 55.7 Å². The van der Waals surface area contributed by atoms with E-state index in [-0.39, 0.29) is 29.8 Å². The first kappa shape index (κ1) is 26.2. The summed E-state index contributed by atoms with van der Waals surface area (Å²) in [5.74, 6) is -0.132. The number of hydrogen-bond donors (Lipinski definition) is 1. The molecule has 192 valence electrons. The molecule has 2 atom stereocenters. The Morgan fingerprint density at radius 3 is 2.69 bits per heavy atom. The van der Waals surface area contributed by atoms with Gasteiger partial charge in [-0.1, -0.05) is 12.1 Å². The number of likely N-dealkylation sites (tertiary alicyclic amines) is 1. The molecule has 2 aromatic rings. The van der Waals surface area contributed by atoms with Crippen molar-refractivity contribution in [3.63, 3.8) is 0 Å². The molecular formula is C24H33FN4O4S2. The maximum atomic E-state index is 13.6. The highest BCUT2D eigenvalue weighted by molar-refractivity contribution is 7.87. The summed E-state index contributed by atoms with van der Waals surface area (Å²) in [7, 11) is -0.624. The van der Waals surface area contributed by atoms with Crippen molar-refractivity contribution in [2.45, 2.75) is 50.2 Å². The van der Waals surface area contributed by atoms with Gasteiger partial charge < -0.3 is 9.64 Å². The van der Waals surface area contributed by atoms with E-state index in [9.17, 15) is 17.6 Å². The second kappa shape index (κ2) is 11.4. The third kappa shape index (κ3) is 6.65. The van der Waals surface area contributed by atoms with Crippen molar-refractivity contribution >= 4 is 27.5 Å². The number of halogens is 1. The van der Waals surface area contributed by atoms with Crippen molar-refractivity contribution in [1.29, 1.82) is 0 Å². The van der Waals surface area contributed by atoms with E-state index in [1.165, 1.54) is 31.5 Å². The number of amides is 1. The maximum Gasteiger partial charge on any atom is 0.279 e. The van der Waals surface area contributed by atoms with Crippen LogP contribution in [-0.2, 0) is 14.9 Å². The molecule has 2 unspecified atom stereocenters. The molecule has 1 aliphatic heterocycles. The van der Waals surface area contributed by atoms with E-state index in [1.54, 1.807) is 28.7 Å². The second-order valence-corrected chi connectivity index (χ2v) is 12.3. The first-order valence-corrected chi connectivity index (χ1v) is 14.3. The Kier molecular flexibility index (Phi) is 8.54. The molecular weight excluding hydrogens is 491 g/mol. The third-order valence-corrected chi connectivity index (χ3v) is 9.31. The van der Waals surface area contributed by atoms with Crippen molar-refractivity contribution in [3.8, 4) is 0 Å². The lowest BCUT2D eigenvalue weighted by molar-refractivity contribution is -0.0150. The molecule has 0 spiro atoms. The molecule has 4 rings (SSSR count). The van der Waals surface area contributed by atoms with Gasteiger partial charge in [0.2, 0.25) is 0 Å². The molecule has 1 saturated heterocycles. The molecule has 1 saturated carbocycles. The average molecular weight is 525 g/mol. The van der Waals surface area contributed by atoms with Gasteiger partial charge >= 0.3 is 0 Å². The molecule has 2 heterocycles. The van der Waals surface area contributed by atoms with Crippen LogP contribution in [0, 0.1) is 11.7 Å². The minimum atomic E-state index is -3.61. The Bertz CT molecular complexity index is 1090. The first-order valence-electron chi connectivity index (χ1n) is 12.0. The fourth-order valence-electron chi connectivity index (χ4n) is 4.90. The largest absolute Gasteiger partial charge is 0.378 e. The standard InChI is InChI=1S/C24H33FN4O4S2/c1-28(2)35(31,32)27-22-10-11-29(24(30)23-13-26-16-34-23)14-19(22)15-33-21-8-6-17(7-9-21)18-4-3-5-20(25)12-18/h3-5,12-13,16-17,19,21-22,27H,6-11,14-15H2,1-2H3. The lowest BCUT2D eigenvalue weighted by Gasteiger charge is -2.39. The highest BCUT2D eigenvalue weighted by Gasteiger charge is 2.36. The molecule has 2 aliphatic rings. The summed E-state index contributed by atoms with van der Waals surface area (Å²) in [5.41, 5.74) is 2.66. The van der Waals surface area contributed by atoms with Crippen molar-refractivity contribution in [3.05, 3.63) is 52.2 Å². The molecule has 0 radical (unpaired) electrons. The topological polar surface area (TPSA) is 91.8 Å². The van der Waals surface area contributed by atoms with E-state index < -0.39 is 10.2 Å². The molecule has 1 N–H and O–H groups in total. The predicted molar refractivity (Wildman–Crippen MR) is 133 cm³/mol. The average Bonchev–Trinajstić information content (AvgIpc) is 3.38. The number of ether oxygens (including phenoxy) is 1. The number of piperidine rings is 1. The number of aromatic nitrogens is 1. The molecule has 1 aromatic heterocycles. The SMILES string of the molecule is CN(C)S(=O)(=O)NC1CCN(C(=O)c2cncs2)CC1COC1CCC(c2cccc(F)c2)CC1. The second-order valence-electron chi connectivity index (χ2n) is 9.54. The molecule has 2 fully saturated rings. The first-order chi connectivity index (χ1) is 16.7. The predicted octanol–water partition coefficient (Wildman–Crippen LogP) is 3.25. The minimum absolute atomic E-state index is 0.0680. The number of hydrogen-bond acceptors (Lipinski definition) is 6. The summed E-state index contributed by atoms with van der Waals surface area (Å²) >= 11 is 1.30. The van der Waals surface area contributed by atoms with Gasteiger partial charge in [0.15, 0.2) is 0 Å². The Morgan fingerprint density at radius 2 is 2.03 bits per heavy atom. The van der Waals surface area contributed by atoms with E-state index in [2.05, 4.69) is 9.71 Å². The van der Waals surface area contributed by atoms with Crippen LogP contribution in [0.5, 0.6) is 0 Å². The van der Waals surface area contributed by atoms with Crippen LogP contribution >= 0.6 is 11.3 Å². The molecule has 0 bridgehead atoms. The van der Waals surface area contributed by atoms with Crippen LogP contribution in [-0.4, -0.2) is 74.5 Å². The summed E-state index contributed by atoms with van der Waals surface area (Å²) < 4.78 is 48.9. The van der Waals surface area contributed by atoms with Crippen molar-refractivity contribution in [1.82, 2.24) is 18.9 Å². The molecule has 35 heavy (non-hydrogen) atoms. The normalized spacial score (nSPS) is 25.7. The van der Waals surface area contributed by atoms with Gasteiger partial charge in [0.1, 0.15) is 10.7 Å². The van der Waals surface area contributed by atoms with Gasteiger partial charge in [-0.3, -0.25) is 9.78 Å². The van der Waals surface area contributed by atoms with Crippen LogP contribution in [0.4, 0.5) is 4.39 Å². The number of carbonyl (C=O) groups excluding carboxylic acids is 1. The minimum Gasteiger partial charge on any atom is -0.378 e. The van der Waals surface area contributed by atoms with Crippen LogP contribution in [0.2, 0.25) is 0 Å². The zero-order chi connectivity index (χ0) is 25.0. The van der Waals surface area contributed by atoms with Crippen molar-refractivity contribution < 1.29 is 22.3 Å². The number of rotatable bonds is 8. The van der Waals surface area contributed by atoms with Crippen LogP contribution in [0.15, 0.2) is 36.0 Å². The van der Waals surface area contributed by atoms with Crippen LogP contribution < -0.4 is 4.72 Å². The van der Waals surface area contributed by atoms with E-state index >= 15 is 0 Å².